The molecular formula is C15H14N4OS2. The summed E-state index contributed by atoms with van der Waals surface area (Å²) in [5.41, 5.74) is 2.93. The molecule has 1 N–H and O–H groups in total. The van der Waals surface area contributed by atoms with Crippen molar-refractivity contribution in [1.29, 1.82) is 0 Å². The Morgan fingerprint density at radius 3 is 2.95 bits per heavy atom. The molecule has 0 aliphatic carbocycles. The molecule has 0 saturated heterocycles. The number of benzene rings is 1. The molecule has 0 amide bonds. The summed E-state index contributed by atoms with van der Waals surface area (Å²) in [7, 11) is 0. The van der Waals surface area contributed by atoms with Gasteiger partial charge in [0.25, 0.3) is 5.56 Å². The quantitative estimate of drug-likeness (QED) is 0.733. The summed E-state index contributed by atoms with van der Waals surface area (Å²) in [5.74, 6) is 0. The van der Waals surface area contributed by atoms with Crippen LogP contribution in [0.1, 0.15) is 16.8 Å². The fourth-order valence-electron chi connectivity index (χ4n) is 2.85. The van der Waals surface area contributed by atoms with Gasteiger partial charge >= 0.3 is 0 Å². The van der Waals surface area contributed by atoms with Crippen molar-refractivity contribution in [3.63, 3.8) is 0 Å². The van der Waals surface area contributed by atoms with E-state index in [1.165, 1.54) is 21.4 Å². The first-order valence-corrected chi connectivity index (χ1v) is 8.33. The SMILES string of the molecule is O=c1c2c(nc3sc(=S)[nH]n13)CCN(Cc1ccccc1)C2. The average Bonchev–Trinajstić information content (AvgIpc) is 2.90. The van der Waals surface area contributed by atoms with Crippen LogP contribution < -0.4 is 5.56 Å². The van der Waals surface area contributed by atoms with Gasteiger partial charge in [0.15, 0.2) is 3.95 Å². The predicted molar refractivity (Wildman–Crippen MR) is 88.8 cm³/mol. The fourth-order valence-corrected chi connectivity index (χ4v) is 3.84. The van der Waals surface area contributed by atoms with Crippen molar-refractivity contribution in [2.75, 3.05) is 6.54 Å². The van der Waals surface area contributed by atoms with Gasteiger partial charge in [-0.05, 0) is 17.8 Å². The van der Waals surface area contributed by atoms with Crippen LogP contribution in [0.4, 0.5) is 0 Å². The number of hydrogen-bond acceptors (Lipinski definition) is 5. The zero-order valence-electron chi connectivity index (χ0n) is 11.8. The van der Waals surface area contributed by atoms with Crippen LogP contribution in [0.25, 0.3) is 4.96 Å². The molecule has 0 bridgehead atoms. The van der Waals surface area contributed by atoms with Gasteiger partial charge in [-0.2, -0.15) is 4.52 Å². The number of nitrogens with one attached hydrogen (secondary N) is 1. The third-order valence-electron chi connectivity index (χ3n) is 3.91. The van der Waals surface area contributed by atoms with E-state index in [1.807, 2.05) is 18.2 Å². The second-order valence-corrected chi connectivity index (χ2v) is 7.05. The minimum atomic E-state index is -0.0230. The van der Waals surface area contributed by atoms with E-state index in [9.17, 15) is 4.79 Å². The van der Waals surface area contributed by atoms with E-state index in [-0.39, 0.29) is 5.56 Å². The number of hydrogen-bond donors (Lipinski definition) is 1. The molecule has 1 aliphatic rings. The van der Waals surface area contributed by atoms with E-state index >= 15 is 0 Å². The van der Waals surface area contributed by atoms with Crippen LogP contribution in [0, 0.1) is 3.95 Å². The lowest BCUT2D eigenvalue weighted by molar-refractivity contribution is 0.241. The number of nitrogens with zero attached hydrogens (tertiary/aromatic N) is 3. The fraction of sp³-hybridized carbons (Fsp3) is 0.267. The summed E-state index contributed by atoms with van der Waals surface area (Å²) in [6.07, 6.45) is 0.804. The Labute approximate surface area is 135 Å². The molecule has 0 saturated carbocycles. The maximum absolute atomic E-state index is 12.6. The standard InChI is InChI=1S/C15H14N4OS2/c20-13-11-9-18(8-10-4-2-1-3-5-10)7-6-12(11)16-14-19(13)17-15(21)22-14/h1-5H,6-9H2,(H,17,21). The van der Waals surface area contributed by atoms with Crippen LogP contribution in [0.3, 0.4) is 0 Å². The third-order valence-corrected chi connectivity index (χ3v) is 4.99. The highest BCUT2D eigenvalue weighted by Crippen LogP contribution is 2.18. The first-order valence-electron chi connectivity index (χ1n) is 7.10. The van der Waals surface area contributed by atoms with Crippen molar-refractivity contribution in [3.8, 4) is 0 Å². The Balaban J connectivity index is 1.69. The minimum Gasteiger partial charge on any atom is -0.294 e. The van der Waals surface area contributed by atoms with E-state index in [4.69, 9.17) is 12.2 Å². The van der Waals surface area contributed by atoms with E-state index in [0.29, 0.717) is 15.5 Å². The molecule has 3 aromatic rings. The van der Waals surface area contributed by atoms with Crippen molar-refractivity contribution in [2.45, 2.75) is 19.5 Å². The highest BCUT2D eigenvalue weighted by molar-refractivity contribution is 7.73. The Morgan fingerprint density at radius 1 is 1.32 bits per heavy atom. The molecule has 4 rings (SSSR count). The van der Waals surface area contributed by atoms with Gasteiger partial charge in [0.1, 0.15) is 0 Å². The molecule has 1 aliphatic heterocycles. The van der Waals surface area contributed by atoms with Crippen molar-refractivity contribution in [1.82, 2.24) is 19.5 Å². The maximum Gasteiger partial charge on any atom is 0.278 e. The molecule has 0 atom stereocenters. The Kier molecular flexibility index (Phi) is 3.40. The zero-order chi connectivity index (χ0) is 15.1. The highest BCUT2D eigenvalue weighted by atomic mass is 32.1. The van der Waals surface area contributed by atoms with Gasteiger partial charge in [-0.1, -0.05) is 41.7 Å². The lowest BCUT2D eigenvalue weighted by Crippen LogP contribution is -2.36. The van der Waals surface area contributed by atoms with Gasteiger partial charge in [-0.15, -0.1) is 0 Å². The molecule has 7 heteroatoms. The van der Waals surface area contributed by atoms with Crippen molar-refractivity contribution in [2.24, 2.45) is 0 Å². The number of fused-ring (bicyclic) bond motifs is 2. The molecule has 0 fully saturated rings. The summed E-state index contributed by atoms with van der Waals surface area (Å²) in [6, 6.07) is 10.3. The molecular weight excluding hydrogens is 316 g/mol. The first-order chi connectivity index (χ1) is 10.7. The molecule has 0 radical (unpaired) electrons. The van der Waals surface area contributed by atoms with E-state index in [0.717, 1.165) is 30.8 Å². The number of rotatable bonds is 2. The van der Waals surface area contributed by atoms with E-state index in [1.54, 1.807) is 0 Å². The zero-order valence-corrected chi connectivity index (χ0v) is 13.4. The topological polar surface area (TPSA) is 53.4 Å². The molecule has 3 heterocycles. The van der Waals surface area contributed by atoms with E-state index in [2.05, 4.69) is 27.1 Å². The summed E-state index contributed by atoms with van der Waals surface area (Å²) in [6.45, 7) is 2.40. The van der Waals surface area contributed by atoms with Crippen molar-refractivity contribution in [3.05, 3.63) is 61.5 Å². The molecule has 5 nitrogen and oxygen atoms in total. The normalized spacial score (nSPS) is 15.1. The lowest BCUT2D eigenvalue weighted by Gasteiger charge is -2.27. The summed E-state index contributed by atoms with van der Waals surface area (Å²) in [5, 5.41) is 2.90. The lowest BCUT2D eigenvalue weighted by atomic mass is 10.1. The summed E-state index contributed by atoms with van der Waals surface area (Å²) < 4.78 is 2.05. The third kappa shape index (κ3) is 2.41. The van der Waals surface area contributed by atoms with Crippen molar-refractivity contribution >= 4 is 28.5 Å². The largest absolute Gasteiger partial charge is 0.294 e. The van der Waals surface area contributed by atoms with Crippen LogP contribution in [0.15, 0.2) is 35.1 Å². The molecule has 112 valence electrons. The van der Waals surface area contributed by atoms with Gasteiger partial charge < -0.3 is 0 Å². The van der Waals surface area contributed by atoms with Crippen molar-refractivity contribution < 1.29 is 0 Å². The smallest absolute Gasteiger partial charge is 0.278 e. The second kappa shape index (κ2) is 5.42. The monoisotopic (exact) mass is 330 g/mol. The van der Waals surface area contributed by atoms with Crippen LogP contribution in [-0.2, 0) is 19.5 Å². The summed E-state index contributed by atoms with van der Waals surface area (Å²) in [4.78, 5) is 20.1. The van der Waals surface area contributed by atoms with Gasteiger partial charge in [-0.25, -0.2) is 4.98 Å². The second-order valence-electron chi connectivity index (χ2n) is 5.41. The number of aromatic nitrogens is 3. The maximum atomic E-state index is 12.6. The van der Waals surface area contributed by atoms with Gasteiger partial charge in [-0.3, -0.25) is 14.8 Å². The molecule has 2 aromatic heterocycles. The molecule has 22 heavy (non-hydrogen) atoms. The molecule has 0 spiro atoms. The molecule has 1 aromatic carbocycles. The average molecular weight is 330 g/mol. The minimum absolute atomic E-state index is 0.0230. The van der Waals surface area contributed by atoms with E-state index < -0.39 is 0 Å². The van der Waals surface area contributed by atoms with Crippen LogP contribution in [0.2, 0.25) is 0 Å². The summed E-state index contributed by atoms with van der Waals surface area (Å²) >= 11 is 6.45. The number of H-pyrrole nitrogens is 1. The highest BCUT2D eigenvalue weighted by Gasteiger charge is 2.22. The molecule has 0 unspecified atom stereocenters. The van der Waals surface area contributed by atoms with Gasteiger partial charge in [0.05, 0.1) is 11.3 Å². The Bertz CT molecular complexity index is 942. The van der Waals surface area contributed by atoms with Gasteiger partial charge in [0, 0.05) is 26.1 Å². The van der Waals surface area contributed by atoms with Gasteiger partial charge in [0.2, 0.25) is 4.96 Å². The first kappa shape index (κ1) is 13.8. The van der Waals surface area contributed by atoms with Crippen LogP contribution in [0.5, 0.6) is 0 Å². The predicted octanol–water partition coefficient (Wildman–Crippen LogP) is 2.37. The van der Waals surface area contributed by atoms with Crippen LogP contribution >= 0.6 is 23.6 Å². The Morgan fingerprint density at radius 2 is 2.14 bits per heavy atom. The Hall–Kier alpha value is -1.83. The van der Waals surface area contributed by atoms with Crippen LogP contribution in [-0.4, -0.2) is 26.0 Å². The number of aromatic amines is 1.